The Kier molecular flexibility index (Phi) is 7.43. The Hall–Kier alpha value is -3.32. The molecule has 0 radical (unpaired) electrons. The minimum atomic E-state index is -0.663. The van der Waals surface area contributed by atoms with Crippen LogP contribution in [0.15, 0.2) is 42.5 Å². The number of methoxy groups -OCH3 is 1. The largest absolute Gasteiger partial charge is 0.396 e. The molecule has 0 aliphatic rings. The number of halogens is 1. The van der Waals surface area contributed by atoms with Gasteiger partial charge < -0.3 is 20.9 Å². The molecule has 0 aliphatic heterocycles. The van der Waals surface area contributed by atoms with Gasteiger partial charge in [-0.25, -0.2) is 9.37 Å². The summed E-state index contributed by atoms with van der Waals surface area (Å²) in [4.78, 5) is 17.0. The van der Waals surface area contributed by atoms with Crippen LogP contribution in [0.25, 0.3) is 10.4 Å². The number of nitriles is 1. The lowest BCUT2D eigenvalue weighted by Gasteiger charge is -2.23. The van der Waals surface area contributed by atoms with Crippen LogP contribution in [-0.2, 0) is 10.3 Å². The molecule has 9 heteroatoms. The Morgan fingerprint density at radius 2 is 2.12 bits per heavy atom. The lowest BCUT2D eigenvalue weighted by atomic mass is 9.96. The predicted molar refractivity (Wildman–Crippen MR) is 126 cm³/mol. The van der Waals surface area contributed by atoms with Crippen LogP contribution in [0.3, 0.4) is 0 Å². The van der Waals surface area contributed by atoms with Crippen molar-refractivity contribution in [3.05, 3.63) is 65.1 Å². The van der Waals surface area contributed by atoms with Crippen molar-refractivity contribution in [1.29, 1.82) is 5.26 Å². The van der Waals surface area contributed by atoms with Gasteiger partial charge in [-0.15, -0.1) is 11.3 Å². The number of hydrogen-bond acceptors (Lipinski definition) is 7. The maximum atomic E-state index is 15.0. The average Bonchev–Trinajstić information content (AvgIpc) is 3.21. The number of pyridine rings is 1. The van der Waals surface area contributed by atoms with E-state index in [1.165, 1.54) is 17.4 Å². The monoisotopic (exact) mass is 468 g/mol. The molecular formula is C24H25FN4O3S. The summed E-state index contributed by atoms with van der Waals surface area (Å²) in [7, 11) is 1.56. The van der Waals surface area contributed by atoms with Crippen LogP contribution in [0.2, 0.25) is 0 Å². The van der Waals surface area contributed by atoms with Gasteiger partial charge in [-0.1, -0.05) is 18.2 Å². The second-order valence-corrected chi connectivity index (χ2v) is 8.95. The topological polar surface area (TPSA) is 121 Å². The first-order chi connectivity index (χ1) is 15.7. The third-order valence-electron chi connectivity index (χ3n) is 5.38. The summed E-state index contributed by atoms with van der Waals surface area (Å²) in [6.45, 7) is 3.56. The Labute approximate surface area is 195 Å². The van der Waals surface area contributed by atoms with Crippen LogP contribution in [-0.4, -0.2) is 29.7 Å². The predicted octanol–water partition coefficient (Wildman–Crippen LogP) is 4.66. The van der Waals surface area contributed by atoms with Crippen molar-refractivity contribution in [2.45, 2.75) is 31.8 Å². The number of aromatic nitrogens is 1. The normalized spacial score (nSPS) is 12.2. The Balaban J connectivity index is 1.96. The fraction of sp³-hybridized carbons (Fsp3) is 0.292. The second kappa shape index (κ2) is 10.1. The zero-order valence-corrected chi connectivity index (χ0v) is 19.4. The van der Waals surface area contributed by atoms with E-state index in [9.17, 15) is 14.4 Å². The number of carbonyl (C=O) groups is 1. The summed E-state index contributed by atoms with van der Waals surface area (Å²) >= 11 is 1.17. The van der Waals surface area contributed by atoms with Crippen molar-refractivity contribution >= 4 is 28.1 Å². The van der Waals surface area contributed by atoms with Crippen LogP contribution >= 0.6 is 11.3 Å². The van der Waals surface area contributed by atoms with Gasteiger partial charge in [0.2, 0.25) is 0 Å². The zero-order valence-electron chi connectivity index (χ0n) is 18.6. The fourth-order valence-electron chi connectivity index (χ4n) is 3.25. The average molecular weight is 469 g/mol. The van der Waals surface area contributed by atoms with E-state index in [0.29, 0.717) is 32.5 Å². The van der Waals surface area contributed by atoms with Crippen molar-refractivity contribution < 1.29 is 19.0 Å². The molecule has 0 fully saturated rings. The van der Waals surface area contributed by atoms with Crippen molar-refractivity contribution in [1.82, 2.24) is 4.98 Å². The molecule has 0 saturated carbocycles. The number of rotatable bonds is 9. The summed E-state index contributed by atoms with van der Waals surface area (Å²) < 4.78 is 20.4. The first-order valence-electron chi connectivity index (χ1n) is 10.2. The van der Waals surface area contributed by atoms with E-state index in [1.54, 1.807) is 43.5 Å². The molecule has 0 aliphatic carbocycles. The number of ether oxygens (including phenoxy) is 1. The number of nitrogens with zero attached hydrogens (tertiary/aromatic N) is 2. The van der Waals surface area contributed by atoms with Crippen LogP contribution in [0.5, 0.6) is 0 Å². The number of thiophene rings is 1. The van der Waals surface area contributed by atoms with Gasteiger partial charge in [0.05, 0.1) is 28.8 Å². The molecule has 1 unspecified atom stereocenters. The van der Waals surface area contributed by atoms with E-state index in [2.05, 4.69) is 16.4 Å². The SMILES string of the molecule is COC(C)(C)c1ccc(-c2cc(C(N)=O)c(Nc3cccc(C(C#N)CCO)n3)s2)c(F)c1. The number of anilines is 2. The molecule has 0 bridgehead atoms. The smallest absolute Gasteiger partial charge is 0.251 e. The van der Waals surface area contributed by atoms with Gasteiger partial charge in [0.1, 0.15) is 16.6 Å². The highest BCUT2D eigenvalue weighted by Gasteiger charge is 2.23. The summed E-state index contributed by atoms with van der Waals surface area (Å²) in [5.41, 5.74) is 6.64. The molecule has 0 saturated heterocycles. The number of carbonyl (C=O) groups excluding carboxylic acids is 1. The highest BCUT2D eigenvalue weighted by molar-refractivity contribution is 7.19. The van der Waals surface area contributed by atoms with Gasteiger partial charge in [-0.3, -0.25) is 4.79 Å². The van der Waals surface area contributed by atoms with Crippen molar-refractivity contribution in [3.63, 3.8) is 0 Å². The minimum absolute atomic E-state index is 0.135. The van der Waals surface area contributed by atoms with E-state index in [-0.39, 0.29) is 18.6 Å². The standard InChI is InChI=1S/C24H25FN4O3S/c1-24(2,32-3)15-7-8-16(18(25)11-15)20-12-17(22(27)31)23(33-20)29-21-6-4-5-19(28-21)14(13-26)9-10-30/h4-8,11-12,14,30H,9-10H2,1-3H3,(H2,27,31)(H,28,29). The molecule has 1 atom stereocenters. The molecule has 7 nitrogen and oxygen atoms in total. The van der Waals surface area contributed by atoms with E-state index in [1.807, 2.05) is 13.8 Å². The Bertz CT molecular complexity index is 1200. The third kappa shape index (κ3) is 5.37. The fourth-order valence-corrected chi connectivity index (χ4v) is 4.34. The number of aliphatic hydroxyl groups excluding tert-OH is 1. The summed E-state index contributed by atoms with van der Waals surface area (Å²) in [6.07, 6.45) is 0.262. The number of amides is 1. The highest BCUT2D eigenvalue weighted by Crippen LogP contribution is 2.39. The summed E-state index contributed by atoms with van der Waals surface area (Å²) in [6, 6.07) is 13.6. The summed E-state index contributed by atoms with van der Waals surface area (Å²) in [5, 5.41) is 22.0. The highest BCUT2D eigenvalue weighted by atomic mass is 32.1. The van der Waals surface area contributed by atoms with Gasteiger partial charge in [0, 0.05) is 24.2 Å². The quantitative estimate of drug-likeness (QED) is 0.420. The molecule has 172 valence electrons. The Morgan fingerprint density at radius 3 is 2.73 bits per heavy atom. The number of nitrogens with one attached hydrogen (secondary N) is 1. The third-order valence-corrected chi connectivity index (χ3v) is 6.46. The molecule has 3 aromatic rings. The molecule has 2 aromatic heterocycles. The Morgan fingerprint density at radius 1 is 1.36 bits per heavy atom. The summed E-state index contributed by atoms with van der Waals surface area (Å²) in [5.74, 6) is -1.26. The zero-order chi connectivity index (χ0) is 24.2. The van der Waals surface area contributed by atoms with Gasteiger partial charge in [-0.2, -0.15) is 5.26 Å². The lowest BCUT2D eigenvalue weighted by molar-refractivity contribution is 0.0190. The number of aliphatic hydroxyl groups is 1. The maximum Gasteiger partial charge on any atom is 0.251 e. The van der Waals surface area contributed by atoms with Crippen molar-refractivity contribution in [2.24, 2.45) is 5.73 Å². The van der Waals surface area contributed by atoms with Gasteiger partial charge in [0.15, 0.2) is 0 Å². The van der Waals surface area contributed by atoms with Gasteiger partial charge in [-0.05, 0) is 50.1 Å². The number of nitrogens with two attached hydrogens (primary N) is 1. The molecule has 33 heavy (non-hydrogen) atoms. The van der Waals surface area contributed by atoms with Gasteiger partial charge in [0.25, 0.3) is 5.91 Å². The minimum Gasteiger partial charge on any atom is -0.396 e. The maximum absolute atomic E-state index is 15.0. The first-order valence-corrected chi connectivity index (χ1v) is 11.1. The molecule has 4 N–H and O–H groups in total. The number of hydrogen-bond donors (Lipinski definition) is 3. The molecule has 0 spiro atoms. The number of benzene rings is 1. The van der Waals surface area contributed by atoms with E-state index in [0.717, 1.165) is 0 Å². The van der Waals surface area contributed by atoms with Crippen LogP contribution in [0.1, 0.15) is 47.8 Å². The van der Waals surface area contributed by atoms with Crippen LogP contribution in [0.4, 0.5) is 15.2 Å². The molecule has 1 aromatic carbocycles. The lowest BCUT2D eigenvalue weighted by Crippen LogP contribution is -2.19. The first kappa shape index (κ1) is 24.3. The van der Waals surface area contributed by atoms with E-state index >= 15 is 0 Å². The second-order valence-electron chi connectivity index (χ2n) is 7.89. The van der Waals surface area contributed by atoms with E-state index < -0.39 is 23.2 Å². The van der Waals surface area contributed by atoms with Crippen LogP contribution < -0.4 is 11.1 Å². The number of primary amides is 1. The van der Waals surface area contributed by atoms with Crippen LogP contribution in [0, 0.1) is 17.1 Å². The molecule has 1 amide bonds. The molecular weight excluding hydrogens is 443 g/mol. The van der Waals surface area contributed by atoms with Crippen molar-refractivity contribution in [3.8, 4) is 16.5 Å². The molecule has 2 heterocycles. The molecule has 3 rings (SSSR count). The van der Waals surface area contributed by atoms with Crippen molar-refractivity contribution in [2.75, 3.05) is 19.0 Å². The van der Waals surface area contributed by atoms with Gasteiger partial charge >= 0.3 is 0 Å². The van der Waals surface area contributed by atoms with E-state index in [4.69, 9.17) is 15.6 Å².